The Balaban J connectivity index is 1.48. The van der Waals surface area contributed by atoms with E-state index in [9.17, 15) is 14.4 Å². The molecule has 3 amide bonds. The van der Waals surface area contributed by atoms with Gasteiger partial charge >= 0.3 is 12.0 Å². The number of nitrogens with zero attached hydrogens (tertiary/aromatic N) is 3. The van der Waals surface area contributed by atoms with Crippen molar-refractivity contribution in [2.24, 2.45) is 0 Å². The molecule has 0 atom stereocenters. The van der Waals surface area contributed by atoms with Crippen LogP contribution in [-0.4, -0.2) is 59.2 Å². The lowest BCUT2D eigenvalue weighted by atomic mass is 9.98. The monoisotopic (exact) mass is 417 g/mol. The maximum absolute atomic E-state index is 12.3. The number of ether oxygens (including phenoxy) is 1. The Morgan fingerprint density at radius 1 is 1.17 bits per heavy atom. The average Bonchev–Trinajstić information content (AvgIpc) is 3.23. The first-order valence-corrected chi connectivity index (χ1v) is 10.3. The number of para-hydroxylation sites is 1. The van der Waals surface area contributed by atoms with Crippen LogP contribution in [0.3, 0.4) is 0 Å². The van der Waals surface area contributed by atoms with E-state index in [0.29, 0.717) is 23.8 Å². The summed E-state index contributed by atoms with van der Waals surface area (Å²) in [6.45, 7) is 2.96. The minimum atomic E-state index is -0.453. The maximum Gasteiger partial charge on any atom is 0.325 e. The number of piperidine rings is 1. The molecule has 154 valence electrons. The number of carbonyl (C=O) groups is 3. The quantitative estimate of drug-likeness (QED) is 0.697. The topological polar surface area (TPSA) is 114 Å². The highest BCUT2D eigenvalue weighted by Crippen LogP contribution is 2.30. The van der Waals surface area contributed by atoms with E-state index in [1.54, 1.807) is 11.8 Å². The zero-order valence-corrected chi connectivity index (χ0v) is 16.9. The van der Waals surface area contributed by atoms with Crippen molar-refractivity contribution in [1.29, 1.82) is 0 Å². The van der Waals surface area contributed by atoms with Gasteiger partial charge in [-0.25, -0.2) is 4.79 Å². The molecule has 0 aliphatic carbocycles. The average molecular weight is 417 g/mol. The fourth-order valence-corrected chi connectivity index (χ4v) is 3.91. The predicted octanol–water partition coefficient (Wildman–Crippen LogP) is 2.24. The van der Waals surface area contributed by atoms with Crippen LogP contribution in [0.1, 0.15) is 40.5 Å². The molecule has 1 fully saturated rings. The molecule has 2 N–H and O–H groups in total. The Labute approximate surface area is 172 Å². The van der Waals surface area contributed by atoms with Crippen LogP contribution in [0.25, 0.3) is 0 Å². The van der Waals surface area contributed by atoms with Crippen LogP contribution in [0.2, 0.25) is 0 Å². The van der Waals surface area contributed by atoms with Crippen molar-refractivity contribution >= 4 is 34.9 Å². The fourth-order valence-electron chi connectivity index (χ4n) is 3.00. The molecule has 1 saturated heterocycles. The third kappa shape index (κ3) is 5.74. The van der Waals surface area contributed by atoms with E-state index in [1.165, 1.54) is 11.3 Å². The van der Waals surface area contributed by atoms with Gasteiger partial charge in [0.2, 0.25) is 5.01 Å². The number of hydrogen-bond acceptors (Lipinski definition) is 7. The summed E-state index contributed by atoms with van der Waals surface area (Å²) in [4.78, 5) is 37.5. The van der Waals surface area contributed by atoms with E-state index in [1.807, 2.05) is 30.3 Å². The molecule has 0 bridgehead atoms. The van der Waals surface area contributed by atoms with Gasteiger partial charge in [-0.15, -0.1) is 10.2 Å². The molecule has 0 saturated carbocycles. The summed E-state index contributed by atoms with van der Waals surface area (Å²) in [6.07, 6.45) is 1.45. The number of rotatable bonds is 6. The van der Waals surface area contributed by atoms with Gasteiger partial charge in [0.05, 0.1) is 6.61 Å². The maximum atomic E-state index is 12.3. The van der Waals surface area contributed by atoms with Crippen LogP contribution < -0.4 is 10.6 Å². The first kappa shape index (κ1) is 20.7. The number of nitrogens with one attached hydrogen (secondary N) is 2. The summed E-state index contributed by atoms with van der Waals surface area (Å²) in [5.74, 6) is -0.582. The molecule has 1 aliphatic rings. The van der Waals surface area contributed by atoms with Gasteiger partial charge in [-0.1, -0.05) is 29.5 Å². The molecule has 0 radical (unpaired) electrons. The largest absolute Gasteiger partial charge is 0.465 e. The number of urea groups is 1. The van der Waals surface area contributed by atoms with Crippen molar-refractivity contribution in [2.45, 2.75) is 25.7 Å². The van der Waals surface area contributed by atoms with Gasteiger partial charge in [0.1, 0.15) is 11.6 Å². The van der Waals surface area contributed by atoms with Gasteiger partial charge in [-0.05, 0) is 31.9 Å². The molecule has 9 nitrogen and oxygen atoms in total. The number of anilines is 1. The van der Waals surface area contributed by atoms with E-state index < -0.39 is 5.97 Å². The van der Waals surface area contributed by atoms with Gasteiger partial charge in [-0.3, -0.25) is 9.59 Å². The Bertz CT molecular complexity index is 849. The molecule has 10 heteroatoms. The Hall–Kier alpha value is -3.01. The van der Waals surface area contributed by atoms with Crippen LogP contribution >= 0.6 is 11.3 Å². The van der Waals surface area contributed by atoms with Crippen molar-refractivity contribution < 1.29 is 19.1 Å². The van der Waals surface area contributed by atoms with Crippen LogP contribution in [0, 0.1) is 0 Å². The zero-order chi connectivity index (χ0) is 20.6. The van der Waals surface area contributed by atoms with Gasteiger partial charge in [0.15, 0.2) is 0 Å². The molecular weight excluding hydrogens is 394 g/mol. The van der Waals surface area contributed by atoms with Crippen LogP contribution in [-0.2, 0) is 9.53 Å². The molecule has 3 rings (SSSR count). The molecular formula is C19H23N5O4S. The molecule has 1 aliphatic heterocycles. The van der Waals surface area contributed by atoms with Crippen molar-refractivity contribution in [1.82, 2.24) is 20.4 Å². The lowest BCUT2D eigenvalue weighted by Crippen LogP contribution is -2.45. The van der Waals surface area contributed by atoms with Gasteiger partial charge < -0.3 is 20.3 Å². The summed E-state index contributed by atoms with van der Waals surface area (Å²) in [5, 5.41) is 14.7. The first-order chi connectivity index (χ1) is 14.1. The minimum absolute atomic E-state index is 0.136. The summed E-state index contributed by atoms with van der Waals surface area (Å²) < 4.78 is 4.79. The highest BCUT2D eigenvalue weighted by molar-refractivity contribution is 7.13. The Morgan fingerprint density at radius 3 is 2.59 bits per heavy atom. The van der Waals surface area contributed by atoms with Gasteiger partial charge in [0.25, 0.3) is 5.91 Å². The molecule has 29 heavy (non-hydrogen) atoms. The van der Waals surface area contributed by atoms with Crippen LogP contribution in [0.4, 0.5) is 10.5 Å². The lowest BCUT2D eigenvalue weighted by molar-refractivity contribution is -0.141. The smallest absolute Gasteiger partial charge is 0.325 e. The van der Waals surface area contributed by atoms with Crippen molar-refractivity contribution in [2.75, 3.05) is 31.6 Å². The second-order valence-corrected chi connectivity index (χ2v) is 7.50. The van der Waals surface area contributed by atoms with E-state index in [2.05, 4.69) is 20.8 Å². The molecule has 0 spiro atoms. The number of esters is 1. The number of likely N-dealkylation sites (tertiary alicyclic amines) is 1. The highest BCUT2D eigenvalue weighted by Gasteiger charge is 2.27. The van der Waals surface area contributed by atoms with E-state index >= 15 is 0 Å². The zero-order valence-electron chi connectivity index (χ0n) is 16.1. The first-order valence-electron chi connectivity index (χ1n) is 9.45. The normalized spacial score (nSPS) is 14.3. The summed E-state index contributed by atoms with van der Waals surface area (Å²) in [5.41, 5.74) is 0.705. The number of carbonyl (C=O) groups excluding carboxylic acids is 3. The van der Waals surface area contributed by atoms with E-state index in [-0.39, 0.29) is 31.0 Å². The van der Waals surface area contributed by atoms with Gasteiger partial charge in [-0.2, -0.15) is 0 Å². The molecule has 2 aromatic rings. The van der Waals surface area contributed by atoms with Gasteiger partial charge in [0, 0.05) is 24.7 Å². The summed E-state index contributed by atoms with van der Waals surface area (Å²) in [7, 11) is 0. The minimum Gasteiger partial charge on any atom is -0.465 e. The highest BCUT2D eigenvalue weighted by atomic mass is 32.1. The SMILES string of the molecule is CCOC(=O)CNC(=O)N1CCC(c2nnc(C(=O)Nc3ccccc3)s2)CC1. The van der Waals surface area contributed by atoms with Crippen molar-refractivity contribution in [3.63, 3.8) is 0 Å². The Kier molecular flexibility index (Phi) is 7.12. The third-order valence-electron chi connectivity index (χ3n) is 4.49. The molecule has 1 aromatic carbocycles. The van der Waals surface area contributed by atoms with Crippen molar-refractivity contribution in [3.8, 4) is 0 Å². The van der Waals surface area contributed by atoms with Crippen LogP contribution in [0.15, 0.2) is 30.3 Å². The van der Waals surface area contributed by atoms with E-state index in [4.69, 9.17) is 4.74 Å². The predicted molar refractivity (Wildman–Crippen MR) is 108 cm³/mol. The second kappa shape index (κ2) is 9.97. The van der Waals surface area contributed by atoms with Crippen molar-refractivity contribution in [3.05, 3.63) is 40.3 Å². The Morgan fingerprint density at radius 2 is 1.90 bits per heavy atom. The fraction of sp³-hybridized carbons (Fsp3) is 0.421. The number of hydrogen-bond donors (Lipinski definition) is 2. The summed E-state index contributed by atoms with van der Waals surface area (Å²) in [6, 6.07) is 8.90. The standard InChI is InChI=1S/C19H23N5O4S/c1-2-28-15(25)12-20-19(27)24-10-8-13(9-11-24)17-22-23-18(29-17)16(26)21-14-6-4-3-5-7-14/h3-7,13H,2,8-12H2,1H3,(H,20,27)(H,21,26). The second-order valence-electron chi connectivity index (χ2n) is 6.49. The molecule has 1 aromatic heterocycles. The number of aromatic nitrogens is 2. The van der Waals surface area contributed by atoms with Crippen LogP contribution in [0.5, 0.6) is 0 Å². The van der Waals surface area contributed by atoms with E-state index in [0.717, 1.165) is 17.8 Å². The molecule has 0 unspecified atom stereocenters. The molecule has 2 heterocycles. The number of amides is 3. The third-order valence-corrected chi connectivity index (χ3v) is 5.57. The lowest BCUT2D eigenvalue weighted by Gasteiger charge is -2.30. The summed E-state index contributed by atoms with van der Waals surface area (Å²) >= 11 is 1.28. The number of benzene rings is 1.